The maximum Gasteiger partial charge on any atom is 0.407 e. The van der Waals surface area contributed by atoms with Crippen LogP contribution in [-0.4, -0.2) is 125 Å². The molecule has 2 aromatic carbocycles. The normalized spacial score (nSPS) is 20.9. The molecule has 4 atom stereocenters. The number of carbonyl (C=O) groups excluding carboxylic acids is 4. The zero-order valence-corrected chi connectivity index (χ0v) is 35.1. The first-order valence-corrected chi connectivity index (χ1v) is 21.7. The molecule has 5 aromatic rings. The lowest BCUT2D eigenvalue weighted by molar-refractivity contribution is -0.137. The Morgan fingerprint density at radius 3 is 1.89 bits per heavy atom. The predicted molar refractivity (Wildman–Crippen MR) is 228 cm³/mol. The summed E-state index contributed by atoms with van der Waals surface area (Å²) in [6.45, 7) is 3.36. The van der Waals surface area contributed by atoms with Crippen LogP contribution in [0.15, 0.2) is 54.9 Å². The van der Waals surface area contributed by atoms with Crippen LogP contribution >= 0.6 is 0 Å². The Morgan fingerprint density at radius 2 is 1.27 bits per heavy atom. The minimum absolute atomic E-state index is 0.0378. The first-order chi connectivity index (χ1) is 30.3. The summed E-state index contributed by atoms with van der Waals surface area (Å²) >= 11 is 0. The van der Waals surface area contributed by atoms with Crippen molar-refractivity contribution in [3.05, 3.63) is 66.5 Å². The lowest BCUT2D eigenvalue weighted by Crippen LogP contribution is -2.53. The molecule has 17 heteroatoms. The minimum Gasteiger partial charge on any atom is -0.453 e. The van der Waals surface area contributed by atoms with Crippen LogP contribution in [0.2, 0.25) is 0 Å². The van der Waals surface area contributed by atoms with Crippen LogP contribution in [0.1, 0.15) is 75.1 Å². The Balaban J connectivity index is 0.900. The van der Waals surface area contributed by atoms with Crippen molar-refractivity contribution in [2.24, 2.45) is 11.8 Å². The number of likely N-dealkylation sites (tertiary alicyclic amines) is 2. The van der Waals surface area contributed by atoms with Gasteiger partial charge in [-0.1, -0.05) is 18.2 Å². The van der Waals surface area contributed by atoms with E-state index in [9.17, 15) is 19.2 Å². The number of rotatable bonds is 10. The molecule has 4 unspecified atom stereocenters. The maximum atomic E-state index is 14.1. The summed E-state index contributed by atoms with van der Waals surface area (Å²) in [6.07, 6.45) is 8.37. The maximum absolute atomic E-state index is 14.1. The van der Waals surface area contributed by atoms with E-state index in [2.05, 4.69) is 44.9 Å². The summed E-state index contributed by atoms with van der Waals surface area (Å²) in [5, 5.41) is 7.61. The van der Waals surface area contributed by atoms with Gasteiger partial charge in [0.25, 0.3) is 0 Å². The quantitative estimate of drug-likeness (QED) is 0.132. The highest BCUT2D eigenvalue weighted by atomic mass is 16.5. The number of nitrogens with zero attached hydrogens (tertiary/aromatic N) is 5. The smallest absolute Gasteiger partial charge is 0.407 e. The summed E-state index contributed by atoms with van der Waals surface area (Å²) < 4.78 is 20.8. The van der Waals surface area contributed by atoms with Crippen LogP contribution < -0.4 is 10.6 Å². The van der Waals surface area contributed by atoms with E-state index in [4.69, 9.17) is 33.9 Å². The zero-order valence-electron chi connectivity index (χ0n) is 35.1. The number of methoxy groups -OCH3 is 2. The number of pyridine rings is 1. The molecule has 0 spiro atoms. The molecule has 9 rings (SSSR count). The number of H-pyrrole nitrogens is 2. The van der Waals surface area contributed by atoms with E-state index in [0.717, 1.165) is 75.8 Å². The monoisotopic (exact) mass is 847 g/mol. The molecule has 4 amide bonds. The number of imidazole rings is 2. The van der Waals surface area contributed by atoms with Gasteiger partial charge in [-0.2, -0.15) is 0 Å². The van der Waals surface area contributed by atoms with Gasteiger partial charge in [0, 0.05) is 62.2 Å². The first-order valence-electron chi connectivity index (χ1n) is 21.7. The van der Waals surface area contributed by atoms with Crippen LogP contribution in [0.4, 0.5) is 9.59 Å². The van der Waals surface area contributed by atoms with Gasteiger partial charge in [0.1, 0.15) is 23.7 Å². The molecule has 0 bridgehead atoms. The molecule has 17 nitrogen and oxygen atoms in total. The van der Waals surface area contributed by atoms with Gasteiger partial charge in [-0.25, -0.2) is 19.6 Å². The molecular weight excluding hydrogens is 795 g/mol. The molecule has 4 fully saturated rings. The van der Waals surface area contributed by atoms with E-state index in [0.29, 0.717) is 71.0 Å². The molecule has 4 saturated heterocycles. The molecule has 4 aliphatic rings. The number of hydrogen-bond donors (Lipinski definition) is 4. The number of ether oxygens (including phenoxy) is 4. The fraction of sp³-hybridized carbons (Fsp3) is 0.489. The molecule has 0 saturated carbocycles. The number of aromatic amines is 2. The third-order valence-electron chi connectivity index (χ3n) is 13.1. The van der Waals surface area contributed by atoms with Gasteiger partial charge >= 0.3 is 12.2 Å². The van der Waals surface area contributed by atoms with E-state index in [1.54, 1.807) is 6.20 Å². The zero-order chi connectivity index (χ0) is 42.7. The summed E-state index contributed by atoms with van der Waals surface area (Å²) in [5.74, 6) is 1.10. The Morgan fingerprint density at radius 1 is 0.677 bits per heavy atom. The Kier molecular flexibility index (Phi) is 12.1. The van der Waals surface area contributed by atoms with Crippen LogP contribution in [0.5, 0.6) is 0 Å². The minimum atomic E-state index is -0.699. The van der Waals surface area contributed by atoms with E-state index in [1.807, 2.05) is 34.2 Å². The summed E-state index contributed by atoms with van der Waals surface area (Å²) in [7, 11) is 2.61. The van der Waals surface area contributed by atoms with Crippen molar-refractivity contribution >= 4 is 45.8 Å². The van der Waals surface area contributed by atoms with Crippen molar-refractivity contribution in [1.82, 2.24) is 45.4 Å². The molecule has 7 heterocycles. The number of carbonyl (C=O) groups is 4. The van der Waals surface area contributed by atoms with Gasteiger partial charge in [-0.3, -0.25) is 14.6 Å². The fourth-order valence-corrected chi connectivity index (χ4v) is 9.69. The highest BCUT2D eigenvalue weighted by Crippen LogP contribution is 2.37. The van der Waals surface area contributed by atoms with Crippen LogP contribution in [0, 0.1) is 11.8 Å². The van der Waals surface area contributed by atoms with Gasteiger partial charge < -0.3 is 49.3 Å². The molecule has 4 aliphatic heterocycles. The average Bonchev–Trinajstić information content (AvgIpc) is 4.16. The van der Waals surface area contributed by atoms with E-state index in [1.165, 1.54) is 14.2 Å². The highest BCUT2D eigenvalue weighted by molar-refractivity contribution is 5.91. The van der Waals surface area contributed by atoms with Gasteiger partial charge in [0.05, 0.1) is 54.9 Å². The Bertz CT molecular complexity index is 2440. The van der Waals surface area contributed by atoms with Gasteiger partial charge in [-0.15, -0.1) is 0 Å². The molecular formula is C45H53N9O8. The topological polar surface area (TPSA) is 206 Å². The van der Waals surface area contributed by atoms with Crippen molar-refractivity contribution in [2.45, 2.75) is 75.5 Å². The lowest BCUT2D eigenvalue weighted by atomic mass is 9.90. The van der Waals surface area contributed by atoms with Crippen molar-refractivity contribution in [2.75, 3.05) is 53.7 Å². The van der Waals surface area contributed by atoms with Gasteiger partial charge in [0.2, 0.25) is 11.8 Å². The number of amides is 4. The van der Waals surface area contributed by atoms with Gasteiger partial charge in [-0.05, 0) is 92.9 Å². The second kappa shape index (κ2) is 18.1. The molecule has 326 valence electrons. The number of nitrogens with one attached hydrogen (secondary N) is 4. The number of aromatic nitrogens is 5. The number of alkyl carbamates (subject to hydrolysis) is 2. The molecule has 0 aliphatic carbocycles. The molecule has 4 N–H and O–H groups in total. The lowest BCUT2D eigenvalue weighted by Gasteiger charge is -2.34. The Hall–Kier alpha value is -6.07. The molecule has 3 aromatic heterocycles. The summed E-state index contributed by atoms with van der Waals surface area (Å²) in [5.41, 5.74) is 5.16. The average molecular weight is 848 g/mol. The number of hydrogen-bond acceptors (Lipinski definition) is 11. The highest BCUT2D eigenvalue weighted by Gasteiger charge is 2.42. The second-order valence-electron chi connectivity index (χ2n) is 16.7. The van der Waals surface area contributed by atoms with Crippen molar-refractivity contribution < 1.29 is 38.1 Å². The standard InChI is InChI=1S/C45H53N9O8/c1-59-44(57)51-38(26-11-17-61-18-12-26)42(55)53-15-3-5-36(53)40-47-25-35(50-40)29-8-7-28-22-33(46-24-31(28)21-29)30-9-10-32-34(23-30)49-41(48-32)37-6-4-16-54(37)43(56)39(52-45(58)60-2)27-13-19-62-20-14-27/h7-10,21-27,36-39H,3-6,11-20H2,1-2H3,(H,47,50)(H,48,49)(H,51,57)(H,52,58). The number of benzene rings is 2. The predicted octanol–water partition coefficient (Wildman–Crippen LogP) is 5.80. The van der Waals surface area contributed by atoms with Crippen molar-refractivity contribution in [3.8, 4) is 22.5 Å². The first kappa shape index (κ1) is 41.3. The van der Waals surface area contributed by atoms with Crippen LogP contribution in [0.3, 0.4) is 0 Å². The van der Waals surface area contributed by atoms with E-state index < -0.39 is 24.3 Å². The molecule has 0 radical (unpaired) electrons. The largest absolute Gasteiger partial charge is 0.453 e. The molecule has 62 heavy (non-hydrogen) atoms. The van der Waals surface area contributed by atoms with Crippen LogP contribution in [-0.2, 0) is 28.5 Å². The third-order valence-corrected chi connectivity index (χ3v) is 13.1. The van der Waals surface area contributed by atoms with E-state index >= 15 is 0 Å². The van der Waals surface area contributed by atoms with Crippen molar-refractivity contribution in [1.29, 1.82) is 0 Å². The SMILES string of the molecule is COC(=O)NC(C(=O)N1CCCC1c1ncc(-c2ccc3cc(-c4ccc5nc(C6CCCN6C(=O)C(NC(=O)OC)C6CCOCC6)[nH]c5c4)ncc3c2)[nH]1)C1CCOCC1. The van der Waals surface area contributed by atoms with Crippen molar-refractivity contribution in [3.63, 3.8) is 0 Å². The Labute approximate surface area is 358 Å². The fourth-order valence-electron chi connectivity index (χ4n) is 9.69. The van der Waals surface area contributed by atoms with Gasteiger partial charge in [0.15, 0.2) is 0 Å². The van der Waals surface area contributed by atoms with Crippen LogP contribution in [0.25, 0.3) is 44.3 Å². The number of fused-ring (bicyclic) bond motifs is 2. The summed E-state index contributed by atoms with van der Waals surface area (Å²) in [4.78, 5) is 77.9. The second-order valence-corrected chi connectivity index (χ2v) is 16.7. The summed E-state index contributed by atoms with van der Waals surface area (Å²) in [6, 6.07) is 12.4. The van der Waals surface area contributed by atoms with E-state index in [-0.39, 0.29) is 35.7 Å². The third kappa shape index (κ3) is 8.42.